The predicted octanol–water partition coefficient (Wildman–Crippen LogP) is 1.37. The molecule has 0 fully saturated rings. The highest BCUT2D eigenvalue weighted by molar-refractivity contribution is 5.07. The third-order valence-electron chi connectivity index (χ3n) is 2.76. The zero-order valence-electron chi connectivity index (χ0n) is 12.3. The number of aliphatic hydroxyl groups excluding tert-OH is 1. The van der Waals surface area contributed by atoms with Gasteiger partial charge in [-0.15, -0.1) is 0 Å². The largest absolute Gasteiger partial charge is 0.389 e. The summed E-state index contributed by atoms with van der Waals surface area (Å²) in [5.41, 5.74) is 1.10. The Balaban J connectivity index is 1.91. The maximum Gasteiger partial charge on any atom is 0.0897 e. The Morgan fingerprint density at radius 2 is 2.15 bits per heavy atom. The van der Waals surface area contributed by atoms with Gasteiger partial charge in [0.1, 0.15) is 0 Å². The Hall–Kier alpha value is -1.01. The van der Waals surface area contributed by atoms with Gasteiger partial charge in [0.25, 0.3) is 0 Å². The van der Waals surface area contributed by atoms with Crippen LogP contribution in [0, 0.1) is 0 Å². The number of aromatic nitrogens is 1. The van der Waals surface area contributed by atoms with Gasteiger partial charge in [0.15, 0.2) is 0 Å². The Morgan fingerprint density at radius 3 is 2.90 bits per heavy atom. The molecule has 1 rings (SSSR count). The quantitative estimate of drug-likeness (QED) is 0.567. The average Bonchev–Trinajstić information content (AvgIpc) is 2.47. The molecule has 0 aromatic carbocycles. The molecule has 20 heavy (non-hydrogen) atoms. The number of nitrogens with one attached hydrogen (secondary N) is 1. The van der Waals surface area contributed by atoms with Gasteiger partial charge in [-0.3, -0.25) is 4.98 Å². The van der Waals surface area contributed by atoms with Crippen molar-refractivity contribution < 1.29 is 14.6 Å². The molecule has 1 aromatic heterocycles. The molecule has 0 amide bonds. The van der Waals surface area contributed by atoms with Crippen molar-refractivity contribution in [2.45, 2.75) is 32.4 Å². The van der Waals surface area contributed by atoms with Gasteiger partial charge in [-0.25, -0.2) is 0 Å². The second-order valence-electron chi connectivity index (χ2n) is 4.69. The number of unbranched alkanes of at least 4 members (excludes halogenated alkanes) is 1. The first kappa shape index (κ1) is 17.0. The molecule has 5 nitrogen and oxygen atoms in total. The minimum Gasteiger partial charge on any atom is -0.389 e. The number of aliphatic hydroxyl groups is 1. The van der Waals surface area contributed by atoms with Crippen LogP contribution in [0.3, 0.4) is 0 Å². The zero-order valence-corrected chi connectivity index (χ0v) is 12.3. The molecule has 1 aromatic rings. The van der Waals surface area contributed by atoms with E-state index in [4.69, 9.17) is 9.47 Å². The third kappa shape index (κ3) is 8.98. The molecular formula is C15H26N2O3. The highest BCUT2D eigenvalue weighted by Crippen LogP contribution is 1.94. The van der Waals surface area contributed by atoms with Gasteiger partial charge in [0, 0.05) is 32.1 Å². The van der Waals surface area contributed by atoms with Crippen molar-refractivity contribution in [3.05, 3.63) is 30.1 Å². The smallest absolute Gasteiger partial charge is 0.0897 e. The number of rotatable bonds is 12. The van der Waals surface area contributed by atoms with Crippen LogP contribution in [0.5, 0.6) is 0 Å². The summed E-state index contributed by atoms with van der Waals surface area (Å²) in [5, 5.41) is 12.9. The molecule has 0 radical (unpaired) electrons. The molecule has 0 aliphatic heterocycles. The topological polar surface area (TPSA) is 63.6 Å². The Morgan fingerprint density at radius 1 is 1.30 bits per heavy atom. The molecule has 114 valence electrons. The fraction of sp³-hybridized carbons (Fsp3) is 0.667. The summed E-state index contributed by atoms with van der Waals surface area (Å²) in [5.74, 6) is 0. The van der Waals surface area contributed by atoms with Crippen molar-refractivity contribution >= 4 is 0 Å². The highest BCUT2D eigenvalue weighted by atomic mass is 16.5. The lowest BCUT2D eigenvalue weighted by molar-refractivity contribution is 0.00385. The van der Waals surface area contributed by atoms with Crippen LogP contribution in [0.1, 0.15) is 25.3 Å². The molecule has 0 saturated carbocycles. The maximum absolute atomic E-state index is 9.72. The molecule has 1 unspecified atom stereocenters. The minimum atomic E-state index is -0.498. The number of pyridine rings is 1. The van der Waals surface area contributed by atoms with E-state index in [9.17, 15) is 5.11 Å². The minimum absolute atomic E-state index is 0.331. The zero-order chi connectivity index (χ0) is 14.5. The monoisotopic (exact) mass is 282 g/mol. The van der Waals surface area contributed by atoms with Crippen LogP contribution in [0.2, 0.25) is 0 Å². The summed E-state index contributed by atoms with van der Waals surface area (Å²) in [4.78, 5) is 4.03. The highest BCUT2D eigenvalue weighted by Gasteiger charge is 2.03. The molecule has 0 aliphatic rings. The third-order valence-corrected chi connectivity index (χ3v) is 2.76. The molecule has 2 N–H and O–H groups in total. The normalized spacial score (nSPS) is 12.5. The number of hydrogen-bond acceptors (Lipinski definition) is 5. The predicted molar refractivity (Wildman–Crippen MR) is 78.5 cm³/mol. The lowest BCUT2D eigenvalue weighted by Gasteiger charge is -2.12. The summed E-state index contributed by atoms with van der Waals surface area (Å²) in [6, 6.07) is 3.89. The van der Waals surface area contributed by atoms with E-state index in [0.717, 1.165) is 25.0 Å². The second-order valence-corrected chi connectivity index (χ2v) is 4.69. The molecule has 0 bridgehead atoms. The summed E-state index contributed by atoms with van der Waals surface area (Å²) < 4.78 is 10.7. The van der Waals surface area contributed by atoms with Crippen LogP contribution >= 0.6 is 0 Å². The fourth-order valence-corrected chi connectivity index (χ4v) is 1.63. The van der Waals surface area contributed by atoms with Gasteiger partial charge in [-0.1, -0.05) is 19.4 Å². The van der Waals surface area contributed by atoms with Gasteiger partial charge < -0.3 is 19.9 Å². The fourth-order valence-electron chi connectivity index (χ4n) is 1.63. The average molecular weight is 282 g/mol. The van der Waals surface area contributed by atoms with E-state index < -0.39 is 6.10 Å². The lowest BCUT2D eigenvalue weighted by atomic mass is 10.3. The second kappa shape index (κ2) is 11.8. The SMILES string of the molecule is CCCCOCCOCC(O)CNCc1cccnc1. The Bertz CT molecular complexity index is 322. The molecule has 5 heteroatoms. The molecule has 0 aliphatic carbocycles. The molecule has 1 atom stereocenters. The molecule has 1 heterocycles. The van der Waals surface area contributed by atoms with Gasteiger partial charge in [0.2, 0.25) is 0 Å². The van der Waals surface area contributed by atoms with Crippen molar-refractivity contribution in [2.24, 2.45) is 0 Å². The Kier molecular flexibility index (Phi) is 10.0. The number of hydrogen-bond donors (Lipinski definition) is 2. The molecular weight excluding hydrogens is 256 g/mol. The van der Waals surface area contributed by atoms with Gasteiger partial charge in [0.05, 0.1) is 25.9 Å². The standard InChI is InChI=1S/C15H26N2O3/c1-2-3-7-19-8-9-20-13-15(18)12-17-11-14-5-4-6-16-10-14/h4-6,10,15,17-18H,2-3,7-9,11-13H2,1H3. The lowest BCUT2D eigenvalue weighted by Crippen LogP contribution is -2.30. The summed E-state index contributed by atoms with van der Waals surface area (Å²) in [7, 11) is 0. The van der Waals surface area contributed by atoms with E-state index in [-0.39, 0.29) is 0 Å². The number of ether oxygens (including phenoxy) is 2. The van der Waals surface area contributed by atoms with Gasteiger partial charge >= 0.3 is 0 Å². The summed E-state index contributed by atoms with van der Waals surface area (Å²) >= 11 is 0. The molecule has 0 spiro atoms. The number of nitrogens with zero attached hydrogens (tertiary/aromatic N) is 1. The molecule has 0 saturated heterocycles. The Labute approximate surface area is 121 Å². The van der Waals surface area contributed by atoms with Crippen LogP contribution in [0.25, 0.3) is 0 Å². The van der Waals surface area contributed by atoms with Crippen LogP contribution in [-0.4, -0.2) is 49.2 Å². The van der Waals surface area contributed by atoms with E-state index in [2.05, 4.69) is 17.2 Å². The van der Waals surface area contributed by atoms with E-state index in [0.29, 0.717) is 32.9 Å². The summed E-state index contributed by atoms with van der Waals surface area (Å²) in [6.07, 6.45) is 5.28. The summed E-state index contributed by atoms with van der Waals surface area (Å²) in [6.45, 7) is 5.58. The van der Waals surface area contributed by atoms with E-state index in [1.165, 1.54) is 0 Å². The van der Waals surface area contributed by atoms with Gasteiger partial charge in [-0.2, -0.15) is 0 Å². The van der Waals surface area contributed by atoms with Crippen molar-refractivity contribution in [1.82, 2.24) is 10.3 Å². The van der Waals surface area contributed by atoms with Crippen molar-refractivity contribution in [3.63, 3.8) is 0 Å². The van der Waals surface area contributed by atoms with Gasteiger partial charge in [-0.05, 0) is 18.1 Å². The van der Waals surface area contributed by atoms with Crippen molar-refractivity contribution in [2.75, 3.05) is 33.0 Å². The van der Waals surface area contributed by atoms with Crippen molar-refractivity contribution in [3.8, 4) is 0 Å². The van der Waals surface area contributed by atoms with E-state index in [1.807, 2.05) is 18.3 Å². The first-order valence-corrected chi connectivity index (χ1v) is 7.26. The first-order valence-electron chi connectivity index (χ1n) is 7.26. The maximum atomic E-state index is 9.72. The van der Waals surface area contributed by atoms with Crippen LogP contribution < -0.4 is 5.32 Å². The van der Waals surface area contributed by atoms with Crippen LogP contribution in [0.4, 0.5) is 0 Å². The van der Waals surface area contributed by atoms with E-state index in [1.54, 1.807) is 6.20 Å². The van der Waals surface area contributed by atoms with E-state index >= 15 is 0 Å². The van der Waals surface area contributed by atoms with Crippen LogP contribution in [0.15, 0.2) is 24.5 Å². The first-order chi connectivity index (χ1) is 9.83. The van der Waals surface area contributed by atoms with Crippen LogP contribution in [-0.2, 0) is 16.0 Å². The van der Waals surface area contributed by atoms with Crippen molar-refractivity contribution in [1.29, 1.82) is 0 Å².